The van der Waals surface area contributed by atoms with Gasteiger partial charge in [-0.3, -0.25) is 9.97 Å². The molecule has 0 spiro atoms. The first-order chi connectivity index (χ1) is 4.89. The maximum absolute atomic E-state index is 4.50. The lowest BCUT2D eigenvalue weighted by Crippen LogP contribution is -1.77. The topological polar surface area (TPSA) is 38.3 Å². The largest absolute Gasteiger partial charge is 0.377 e. The van der Waals surface area contributed by atoms with Crippen LogP contribution in [0.15, 0.2) is 18.6 Å². The molecule has 1 fully saturated rings. The van der Waals surface area contributed by atoms with Gasteiger partial charge in [-0.2, -0.15) is 0 Å². The molecule has 0 saturated carbocycles. The second-order valence-corrected chi connectivity index (χ2v) is 1.96. The van der Waals surface area contributed by atoms with E-state index in [-0.39, 0.29) is 0 Å². The van der Waals surface area contributed by atoms with E-state index in [1.54, 1.807) is 18.6 Å². The van der Waals surface area contributed by atoms with Crippen molar-refractivity contribution in [1.82, 2.24) is 9.97 Å². The summed E-state index contributed by atoms with van der Waals surface area (Å²) in [5, 5.41) is 0. The number of nitrogens with zero attached hydrogens (tertiary/aromatic N) is 2. The third-order valence-electron chi connectivity index (χ3n) is 0.896. The highest BCUT2D eigenvalue weighted by Crippen LogP contribution is 1.84. The van der Waals surface area contributed by atoms with Crippen LogP contribution in [-0.2, 0) is 4.74 Å². The Morgan fingerprint density at radius 3 is 2.30 bits per heavy atom. The van der Waals surface area contributed by atoms with Gasteiger partial charge in [0.1, 0.15) is 0 Å². The summed E-state index contributed by atoms with van der Waals surface area (Å²) in [5.41, 5.74) is 0.961. The predicted molar refractivity (Wildman–Crippen MR) is 37.6 cm³/mol. The van der Waals surface area contributed by atoms with Gasteiger partial charge >= 0.3 is 0 Å². The molecule has 3 heteroatoms. The molecule has 0 atom stereocenters. The minimum atomic E-state index is 0.961. The van der Waals surface area contributed by atoms with E-state index in [1.165, 1.54) is 0 Å². The molecule has 0 unspecified atom stereocenters. The molecule has 1 aromatic heterocycles. The normalized spacial score (nSPS) is 13.3. The maximum Gasteiger partial charge on any atom is 0.0701 e. The summed E-state index contributed by atoms with van der Waals surface area (Å²) in [6.07, 6.45) is 5.06. The fourth-order valence-corrected chi connectivity index (χ4v) is 0.374. The Kier molecular flexibility index (Phi) is 2.83. The van der Waals surface area contributed by atoms with Gasteiger partial charge in [0.05, 0.1) is 18.9 Å². The van der Waals surface area contributed by atoms with E-state index >= 15 is 0 Å². The second-order valence-electron chi connectivity index (χ2n) is 1.96. The summed E-state index contributed by atoms with van der Waals surface area (Å²) in [6.45, 7) is 3.91. The summed E-state index contributed by atoms with van der Waals surface area (Å²) in [6, 6.07) is 0. The van der Waals surface area contributed by atoms with Gasteiger partial charge in [-0.25, -0.2) is 0 Å². The lowest BCUT2D eigenvalue weighted by Gasteiger charge is -1.81. The van der Waals surface area contributed by atoms with Crippen molar-refractivity contribution in [2.75, 3.05) is 13.2 Å². The molecular weight excluding hydrogens is 128 g/mol. The lowest BCUT2D eigenvalue weighted by atomic mass is 10.5. The first-order valence-electron chi connectivity index (χ1n) is 3.20. The summed E-state index contributed by atoms with van der Waals surface area (Å²) < 4.78 is 4.50. The van der Waals surface area contributed by atoms with Crippen LogP contribution in [0.2, 0.25) is 0 Å². The lowest BCUT2D eigenvalue weighted by molar-refractivity contribution is 0.475. The molecule has 0 aromatic carbocycles. The maximum atomic E-state index is 4.50. The molecule has 2 heterocycles. The molecule has 1 aliphatic rings. The number of hydrogen-bond donors (Lipinski definition) is 0. The van der Waals surface area contributed by atoms with Crippen LogP contribution in [0.3, 0.4) is 0 Å². The average Bonchev–Trinajstić information content (AvgIpc) is 2.73. The molecule has 0 bridgehead atoms. The van der Waals surface area contributed by atoms with Gasteiger partial charge < -0.3 is 4.74 Å². The van der Waals surface area contributed by atoms with Gasteiger partial charge in [-0.05, 0) is 6.92 Å². The van der Waals surface area contributed by atoms with Crippen LogP contribution in [0, 0.1) is 6.92 Å². The zero-order valence-electron chi connectivity index (χ0n) is 5.95. The quantitative estimate of drug-likeness (QED) is 0.498. The molecule has 54 valence electrons. The number of ether oxygens (including phenoxy) is 1. The van der Waals surface area contributed by atoms with E-state index in [0.717, 1.165) is 18.9 Å². The van der Waals surface area contributed by atoms with E-state index in [1.807, 2.05) is 6.92 Å². The number of hydrogen-bond acceptors (Lipinski definition) is 3. The van der Waals surface area contributed by atoms with E-state index in [9.17, 15) is 0 Å². The monoisotopic (exact) mass is 138 g/mol. The third-order valence-corrected chi connectivity index (χ3v) is 0.896. The van der Waals surface area contributed by atoms with E-state index in [0.29, 0.717) is 0 Å². The van der Waals surface area contributed by atoms with E-state index < -0.39 is 0 Å². The average molecular weight is 138 g/mol. The minimum Gasteiger partial charge on any atom is -0.377 e. The molecule has 10 heavy (non-hydrogen) atoms. The molecule has 0 aliphatic carbocycles. The van der Waals surface area contributed by atoms with Gasteiger partial charge in [-0.15, -0.1) is 0 Å². The molecular formula is C7H10N2O. The molecule has 3 nitrogen and oxygen atoms in total. The summed E-state index contributed by atoms with van der Waals surface area (Å²) >= 11 is 0. The zero-order chi connectivity index (χ0) is 7.23. The van der Waals surface area contributed by atoms with Crippen molar-refractivity contribution in [2.45, 2.75) is 6.92 Å². The van der Waals surface area contributed by atoms with Crippen molar-refractivity contribution in [2.24, 2.45) is 0 Å². The van der Waals surface area contributed by atoms with Crippen molar-refractivity contribution >= 4 is 0 Å². The van der Waals surface area contributed by atoms with Crippen LogP contribution >= 0.6 is 0 Å². The Hall–Kier alpha value is -0.960. The van der Waals surface area contributed by atoms with Crippen LogP contribution in [-0.4, -0.2) is 23.2 Å². The molecule has 0 amide bonds. The third kappa shape index (κ3) is 3.97. The first kappa shape index (κ1) is 7.15. The molecule has 1 aliphatic heterocycles. The summed E-state index contributed by atoms with van der Waals surface area (Å²) in [5.74, 6) is 0. The van der Waals surface area contributed by atoms with Crippen LogP contribution < -0.4 is 0 Å². The molecule has 0 N–H and O–H groups in total. The molecule has 0 radical (unpaired) electrons. The smallest absolute Gasteiger partial charge is 0.0701 e. The molecule has 1 saturated heterocycles. The van der Waals surface area contributed by atoms with E-state index in [4.69, 9.17) is 0 Å². The number of rotatable bonds is 0. The zero-order valence-corrected chi connectivity index (χ0v) is 5.95. The number of epoxide rings is 1. The Balaban J connectivity index is 0.000000138. The summed E-state index contributed by atoms with van der Waals surface area (Å²) in [7, 11) is 0. The van der Waals surface area contributed by atoms with Gasteiger partial charge in [0.25, 0.3) is 0 Å². The van der Waals surface area contributed by atoms with Crippen LogP contribution in [0.5, 0.6) is 0 Å². The Morgan fingerprint density at radius 1 is 1.40 bits per heavy atom. The van der Waals surface area contributed by atoms with Crippen molar-refractivity contribution in [1.29, 1.82) is 0 Å². The number of aromatic nitrogens is 2. The predicted octanol–water partition coefficient (Wildman–Crippen LogP) is 0.802. The van der Waals surface area contributed by atoms with Crippen LogP contribution in [0.4, 0.5) is 0 Å². The van der Waals surface area contributed by atoms with Crippen LogP contribution in [0.25, 0.3) is 0 Å². The highest BCUT2D eigenvalue weighted by molar-refractivity contribution is 4.88. The van der Waals surface area contributed by atoms with E-state index in [2.05, 4.69) is 14.7 Å². The Bertz CT molecular complexity index is 171. The van der Waals surface area contributed by atoms with Gasteiger partial charge in [0.2, 0.25) is 0 Å². The second kappa shape index (κ2) is 3.95. The number of aryl methyl sites for hydroxylation is 1. The van der Waals surface area contributed by atoms with Crippen molar-refractivity contribution in [3.63, 3.8) is 0 Å². The van der Waals surface area contributed by atoms with Crippen LogP contribution in [0.1, 0.15) is 5.69 Å². The SMILES string of the molecule is C1CO1.Cc1cnccn1. The first-order valence-corrected chi connectivity index (χ1v) is 3.20. The Labute approximate surface area is 60.1 Å². The fourth-order valence-electron chi connectivity index (χ4n) is 0.374. The fraction of sp³-hybridized carbons (Fsp3) is 0.429. The highest BCUT2D eigenvalue weighted by atomic mass is 16.6. The van der Waals surface area contributed by atoms with Crippen molar-refractivity contribution in [3.05, 3.63) is 24.3 Å². The molecule has 2 rings (SSSR count). The van der Waals surface area contributed by atoms with Gasteiger partial charge in [-0.1, -0.05) is 0 Å². The van der Waals surface area contributed by atoms with Crippen molar-refractivity contribution < 1.29 is 4.74 Å². The van der Waals surface area contributed by atoms with Crippen molar-refractivity contribution in [3.8, 4) is 0 Å². The van der Waals surface area contributed by atoms with Gasteiger partial charge in [0, 0.05) is 18.6 Å². The van der Waals surface area contributed by atoms with Gasteiger partial charge in [0.15, 0.2) is 0 Å². The highest BCUT2D eigenvalue weighted by Gasteiger charge is 1.94. The summed E-state index contributed by atoms with van der Waals surface area (Å²) in [4.78, 5) is 7.74. The standard InChI is InChI=1S/C5H6N2.C2H4O/c1-5-4-6-2-3-7-5;1-2-3-1/h2-4H,1H3;1-2H2. The Morgan fingerprint density at radius 2 is 2.10 bits per heavy atom. The minimum absolute atomic E-state index is 0.961. The molecule has 1 aromatic rings.